The third-order valence-electron chi connectivity index (χ3n) is 7.12. The topological polar surface area (TPSA) is 76.1 Å². The number of likely N-dealkylation sites (tertiary alicyclic amines) is 1. The number of rotatable bonds is 7. The lowest BCUT2D eigenvalue weighted by Crippen LogP contribution is -2.52. The molecule has 1 saturated heterocycles. The van der Waals surface area contributed by atoms with E-state index in [-0.39, 0.29) is 17.6 Å². The van der Waals surface area contributed by atoms with E-state index >= 15 is 0 Å². The molecule has 170 valence electrons. The summed E-state index contributed by atoms with van der Waals surface area (Å²) < 4.78 is 12.6. The van der Waals surface area contributed by atoms with Gasteiger partial charge < -0.3 is 14.6 Å². The lowest BCUT2D eigenvalue weighted by atomic mass is 9.78. The van der Waals surface area contributed by atoms with E-state index in [1.807, 2.05) is 0 Å². The summed E-state index contributed by atoms with van der Waals surface area (Å²) in [5.41, 5.74) is 1.92. The second kappa shape index (κ2) is 9.12. The molecule has 7 heteroatoms. The number of nitrogens with zero attached hydrogens (tertiary/aromatic N) is 1. The molecule has 6 nitrogen and oxygen atoms in total. The van der Waals surface area contributed by atoms with E-state index in [0.29, 0.717) is 19.6 Å². The molecule has 1 aliphatic carbocycles. The summed E-state index contributed by atoms with van der Waals surface area (Å²) in [6.07, 6.45) is 7.79. The van der Waals surface area contributed by atoms with Crippen molar-refractivity contribution in [2.45, 2.75) is 75.6 Å². The van der Waals surface area contributed by atoms with Crippen molar-refractivity contribution in [2.75, 3.05) is 25.9 Å². The zero-order chi connectivity index (χ0) is 22.1. The number of aryl methyl sites for hydroxylation is 1. The maximum Gasteiger partial charge on any atom is 0.303 e. The Hall–Kier alpha value is -1.57. The summed E-state index contributed by atoms with van der Waals surface area (Å²) in [5.74, 6) is -0.282. The van der Waals surface area contributed by atoms with Gasteiger partial charge in [0.1, 0.15) is 11.5 Å². The third kappa shape index (κ3) is 5.10. The summed E-state index contributed by atoms with van der Waals surface area (Å²) in [7, 11) is 0. The minimum absolute atomic E-state index is 0.112. The van der Waals surface area contributed by atoms with Crippen LogP contribution in [0.25, 0.3) is 0 Å². The van der Waals surface area contributed by atoms with E-state index in [0.717, 1.165) is 68.5 Å². The van der Waals surface area contributed by atoms with Crippen molar-refractivity contribution in [3.63, 3.8) is 0 Å². The van der Waals surface area contributed by atoms with Crippen molar-refractivity contribution in [1.82, 2.24) is 4.90 Å². The van der Waals surface area contributed by atoms with Crippen LogP contribution in [0.4, 0.5) is 0 Å². The van der Waals surface area contributed by atoms with Crippen LogP contribution in [0.5, 0.6) is 5.75 Å². The number of Topliss-reactive ketones (excluding diaryl/α,β-unsaturated/α-hetero) is 1. The summed E-state index contributed by atoms with van der Waals surface area (Å²) in [6.45, 7) is 4.52. The van der Waals surface area contributed by atoms with Crippen LogP contribution in [-0.4, -0.2) is 53.4 Å². The molecule has 0 atom stereocenters. The molecule has 0 unspecified atom stereocenters. The van der Waals surface area contributed by atoms with Crippen molar-refractivity contribution < 1.29 is 24.2 Å². The monoisotopic (exact) mass is 447 g/mol. The van der Waals surface area contributed by atoms with E-state index in [1.165, 1.54) is 4.90 Å². The molecule has 0 aromatic heterocycles. The average Bonchev–Trinajstić information content (AvgIpc) is 3.17. The Bertz CT molecular complexity index is 841. The van der Waals surface area contributed by atoms with Crippen molar-refractivity contribution in [3.8, 4) is 5.75 Å². The minimum atomic E-state index is -0.790. The largest absolute Gasteiger partial charge is 0.481 e. The molecular formula is C24H33NO5S. The molecule has 0 bridgehead atoms. The highest BCUT2D eigenvalue weighted by atomic mass is 32.2. The first-order chi connectivity index (χ1) is 14.8. The molecule has 0 amide bonds. The Kier molecular flexibility index (Phi) is 6.65. The molecule has 31 heavy (non-hydrogen) atoms. The van der Waals surface area contributed by atoms with Crippen LogP contribution < -0.4 is 4.74 Å². The number of hydrogen-bond acceptors (Lipinski definition) is 6. The Morgan fingerprint density at radius 1 is 1.13 bits per heavy atom. The van der Waals surface area contributed by atoms with Crippen LogP contribution in [0.1, 0.15) is 62.5 Å². The second-order valence-corrected chi connectivity index (χ2v) is 10.4. The number of carboxylic acid groups (broad SMARTS) is 1. The summed E-state index contributed by atoms with van der Waals surface area (Å²) in [4.78, 5) is 27.5. The quantitative estimate of drug-likeness (QED) is 0.620. The third-order valence-corrected chi connectivity index (χ3v) is 7.83. The number of piperidine rings is 1. The molecular weight excluding hydrogens is 414 g/mol. The van der Waals surface area contributed by atoms with Gasteiger partial charge in [0.2, 0.25) is 5.79 Å². The highest BCUT2D eigenvalue weighted by Crippen LogP contribution is 2.44. The summed E-state index contributed by atoms with van der Waals surface area (Å²) >= 11 is 1.72. The Balaban J connectivity index is 1.33. The lowest BCUT2D eigenvalue weighted by Gasteiger charge is -2.44. The summed E-state index contributed by atoms with van der Waals surface area (Å²) in [6, 6.07) is 4.30. The molecule has 2 aliphatic heterocycles. The smallest absolute Gasteiger partial charge is 0.303 e. The molecule has 4 rings (SSSR count). The molecule has 1 spiro atoms. The van der Waals surface area contributed by atoms with Gasteiger partial charge in [-0.2, -0.15) is 0 Å². The number of carboxylic acids is 1. The van der Waals surface area contributed by atoms with Crippen LogP contribution in [0.3, 0.4) is 0 Å². The SMILES string of the molecule is CSc1cc(C)c2c(c1)COC1(CCN(CC(=O)CC3(CC(=O)O)CCCC3)CC1)O2. The van der Waals surface area contributed by atoms with Crippen molar-refractivity contribution in [2.24, 2.45) is 5.41 Å². The van der Waals surface area contributed by atoms with Gasteiger partial charge in [0, 0.05) is 42.8 Å². The number of thioether (sulfide) groups is 1. The van der Waals surface area contributed by atoms with Crippen LogP contribution in [0, 0.1) is 12.3 Å². The number of ketones is 1. The Morgan fingerprint density at radius 2 is 1.84 bits per heavy atom. The zero-order valence-corrected chi connectivity index (χ0v) is 19.4. The molecule has 0 radical (unpaired) electrons. The number of fused-ring (bicyclic) bond motifs is 1. The fourth-order valence-corrected chi connectivity index (χ4v) is 6.05. The van der Waals surface area contributed by atoms with Crippen LogP contribution in [0.2, 0.25) is 0 Å². The van der Waals surface area contributed by atoms with E-state index in [9.17, 15) is 14.7 Å². The van der Waals surface area contributed by atoms with Gasteiger partial charge in [-0.3, -0.25) is 14.5 Å². The maximum atomic E-state index is 12.8. The molecule has 1 N–H and O–H groups in total. The fraction of sp³-hybridized carbons (Fsp3) is 0.667. The summed E-state index contributed by atoms with van der Waals surface area (Å²) in [5, 5.41) is 9.28. The van der Waals surface area contributed by atoms with Crippen molar-refractivity contribution in [3.05, 3.63) is 23.3 Å². The van der Waals surface area contributed by atoms with Crippen molar-refractivity contribution >= 4 is 23.5 Å². The van der Waals surface area contributed by atoms with Gasteiger partial charge in [0.25, 0.3) is 0 Å². The first kappa shape index (κ1) is 22.6. The number of hydrogen-bond donors (Lipinski definition) is 1. The fourth-order valence-electron chi connectivity index (χ4n) is 5.49. The number of ether oxygens (including phenoxy) is 2. The highest BCUT2D eigenvalue weighted by Gasteiger charge is 2.42. The molecule has 3 aliphatic rings. The minimum Gasteiger partial charge on any atom is -0.481 e. The van der Waals surface area contributed by atoms with Crippen LogP contribution in [-0.2, 0) is 20.9 Å². The zero-order valence-electron chi connectivity index (χ0n) is 18.6. The molecule has 1 saturated carbocycles. The van der Waals surface area contributed by atoms with Crippen LogP contribution in [0.15, 0.2) is 17.0 Å². The normalized spacial score (nSPS) is 22.1. The average molecular weight is 448 g/mol. The predicted molar refractivity (Wildman–Crippen MR) is 120 cm³/mol. The first-order valence-corrected chi connectivity index (χ1v) is 12.5. The number of benzene rings is 1. The van der Waals surface area contributed by atoms with Gasteiger partial charge in [0.05, 0.1) is 19.6 Å². The Morgan fingerprint density at radius 3 is 2.48 bits per heavy atom. The van der Waals surface area contributed by atoms with Gasteiger partial charge in [0.15, 0.2) is 0 Å². The van der Waals surface area contributed by atoms with E-state index in [2.05, 4.69) is 30.2 Å². The molecule has 1 aromatic rings. The standard InChI is InChI=1S/C24H33NO5S/c1-17-11-20(31-2)12-18-16-29-24(30-22(17)18)7-9-25(10-8-24)15-19(26)13-23(14-21(27)28)5-3-4-6-23/h11-12H,3-10,13-16H2,1-2H3,(H,27,28). The van der Waals surface area contributed by atoms with Gasteiger partial charge >= 0.3 is 5.97 Å². The molecule has 1 aromatic carbocycles. The van der Waals surface area contributed by atoms with Crippen molar-refractivity contribution in [1.29, 1.82) is 0 Å². The number of carbonyl (C=O) groups is 2. The second-order valence-electron chi connectivity index (χ2n) is 9.50. The number of aliphatic carboxylic acids is 1. The Labute approximate surface area is 188 Å². The first-order valence-electron chi connectivity index (χ1n) is 11.3. The van der Waals surface area contributed by atoms with Gasteiger partial charge in [-0.1, -0.05) is 12.8 Å². The lowest BCUT2D eigenvalue weighted by molar-refractivity contribution is -0.228. The molecule has 2 heterocycles. The van der Waals surface area contributed by atoms with E-state index in [1.54, 1.807) is 11.8 Å². The van der Waals surface area contributed by atoms with Gasteiger partial charge in [-0.25, -0.2) is 0 Å². The van der Waals surface area contributed by atoms with Gasteiger partial charge in [-0.05, 0) is 49.1 Å². The number of carbonyl (C=O) groups excluding carboxylic acids is 1. The van der Waals surface area contributed by atoms with Crippen LogP contribution >= 0.6 is 11.8 Å². The predicted octanol–water partition coefficient (Wildman–Crippen LogP) is 4.41. The van der Waals surface area contributed by atoms with E-state index in [4.69, 9.17) is 9.47 Å². The highest BCUT2D eigenvalue weighted by molar-refractivity contribution is 7.98. The maximum absolute atomic E-state index is 12.8. The van der Waals surface area contributed by atoms with E-state index < -0.39 is 11.8 Å². The molecule has 2 fully saturated rings. The van der Waals surface area contributed by atoms with Gasteiger partial charge in [-0.15, -0.1) is 11.8 Å².